The standard InChI is InChI=1S/C12H16N2O3S/c1-2-9-3-4-10-11(7-9)18(16,17)6-5-14(10)12(15)8-13/h3-4,7H,2,5-6,8,13H2,1H3. The fourth-order valence-electron chi connectivity index (χ4n) is 2.06. The summed E-state index contributed by atoms with van der Waals surface area (Å²) >= 11 is 0. The Hall–Kier alpha value is -1.40. The second-order valence-corrected chi connectivity index (χ2v) is 6.30. The zero-order chi connectivity index (χ0) is 13.3. The molecule has 2 N–H and O–H groups in total. The van der Waals surface area contributed by atoms with E-state index < -0.39 is 9.84 Å². The second-order valence-electron chi connectivity index (χ2n) is 4.22. The van der Waals surface area contributed by atoms with Gasteiger partial charge in [0.05, 0.1) is 22.9 Å². The van der Waals surface area contributed by atoms with E-state index in [1.54, 1.807) is 12.1 Å². The number of rotatable bonds is 2. The summed E-state index contributed by atoms with van der Waals surface area (Å²) in [4.78, 5) is 13.4. The Balaban J connectivity index is 2.58. The predicted molar refractivity (Wildman–Crippen MR) is 69.3 cm³/mol. The summed E-state index contributed by atoms with van der Waals surface area (Å²) in [6.45, 7) is 2.02. The van der Waals surface area contributed by atoms with E-state index in [0.717, 1.165) is 12.0 Å². The summed E-state index contributed by atoms with van der Waals surface area (Å²) in [6.07, 6.45) is 0.758. The third kappa shape index (κ3) is 2.13. The molecule has 5 nitrogen and oxygen atoms in total. The summed E-state index contributed by atoms with van der Waals surface area (Å²) < 4.78 is 24.1. The molecule has 0 saturated carbocycles. The maximum atomic E-state index is 12.0. The zero-order valence-electron chi connectivity index (χ0n) is 10.2. The molecule has 1 aliphatic heterocycles. The summed E-state index contributed by atoms with van der Waals surface area (Å²) in [5, 5.41) is 0. The van der Waals surface area contributed by atoms with Gasteiger partial charge >= 0.3 is 0 Å². The molecule has 1 heterocycles. The van der Waals surface area contributed by atoms with Crippen LogP contribution in [0.2, 0.25) is 0 Å². The molecule has 0 unspecified atom stereocenters. The molecule has 0 aliphatic carbocycles. The number of fused-ring (bicyclic) bond motifs is 1. The fourth-order valence-corrected chi connectivity index (χ4v) is 3.53. The SMILES string of the molecule is CCc1ccc2c(c1)S(=O)(=O)CCN2C(=O)CN. The molecule has 0 radical (unpaired) electrons. The lowest BCUT2D eigenvalue weighted by molar-refractivity contribution is -0.117. The Bertz CT molecular complexity index is 581. The Morgan fingerprint density at radius 1 is 1.44 bits per heavy atom. The highest BCUT2D eigenvalue weighted by Gasteiger charge is 2.31. The smallest absolute Gasteiger partial charge is 0.240 e. The summed E-state index contributed by atoms with van der Waals surface area (Å²) in [7, 11) is -3.28. The van der Waals surface area contributed by atoms with Gasteiger partial charge in [0.25, 0.3) is 0 Å². The highest BCUT2D eigenvalue weighted by Crippen LogP contribution is 2.31. The lowest BCUT2D eigenvalue weighted by Crippen LogP contribution is -2.42. The topological polar surface area (TPSA) is 80.5 Å². The van der Waals surface area contributed by atoms with E-state index in [0.29, 0.717) is 5.69 Å². The molecule has 1 amide bonds. The van der Waals surface area contributed by atoms with Crippen LogP contribution in [0.5, 0.6) is 0 Å². The first-order valence-corrected chi connectivity index (χ1v) is 7.51. The van der Waals surface area contributed by atoms with E-state index in [9.17, 15) is 13.2 Å². The number of nitrogens with zero attached hydrogens (tertiary/aromatic N) is 1. The normalized spacial score (nSPS) is 17.3. The highest BCUT2D eigenvalue weighted by atomic mass is 32.2. The van der Waals surface area contributed by atoms with Crippen molar-refractivity contribution in [3.8, 4) is 0 Å². The Morgan fingerprint density at radius 2 is 2.17 bits per heavy atom. The first-order chi connectivity index (χ1) is 8.49. The van der Waals surface area contributed by atoms with E-state index in [1.165, 1.54) is 4.90 Å². The van der Waals surface area contributed by atoms with Gasteiger partial charge in [-0.2, -0.15) is 0 Å². The van der Waals surface area contributed by atoms with Crippen LogP contribution in [0.4, 0.5) is 5.69 Å². The molecule has 0 spiro atoms. The Labute approximate surface area is 107 Å². The monoisotopic (exact) mass is 268 g/mol. The lowest BCUT2D eigenvalue weighted by atomic mass is 10.1. The summed E-state index contributed by atoms with van der Waals surface area (Å²) in [6, 6.07) is 5.19. The van der Waals surface area contributed by atoms with Crippen molar-refractivity contribution in [2.24, 2.45) is 5.73 Å². The van der Waals surface area contributed by atoms with Crippen molar-refractivity contribution in [1.82, 2.24) is 0 Å². The van der Waals surface area contributed by atoms with Crippen LogP contribution < -0.4 is 10.6 Å². The van der Waals surface area contributed by atoms with Crippen molar-refractivity contribution in [2.45, 2.75) is 18.2 Å². The Morgan fingerprint density at radius 3 is 2.78 bits per heavy atom. The molecule has 0 atom stereocenters. The van der Waals surface area contributed by atoms with E-state index in [1.807, 2.05) is 13.0 Å². The minimum absolute atomic E-state index is 0.0428. The molecular weight excluding hydrogens is 252 g/mol. The molecule has 0 aromatic heterocycles. The molecule has 1 aliphatic rings. The molecule has 6 heteroatoms. The third-order valence-corrected chi connectivity index (χ3v) is 4.83. The number of hydrogen-bond donors (Lipinski definition) is 1. The molecular formula is C12H16N2O3S. The largest absolute Gasteiger partial charge is 0.322 e. The van der Waals surface area contributed by atoms with E-state index in [-0.39, 0.29) is 29.6 Å². The number of aryl methyl sites for hydroxylation is 1. The molecule has 1 aromatic carbocycles. The first-order valence-electron chi connectivity index (χ1n) is 5.85. The molecule has 2 rings (SSSR count). The van der Waals surface area contributed by atoms with Crippen molar-refractivity contribution in [1.29, 1.82) is 0 Å². The molecule has 98 valence electrons. The predicted octanol–water partition coefficient (Wildman–Crippen LogP) is 0.328. The maximum absolute atomic E-state index is 12.0. The number of benzene rings is 1. The van der Waals surface area contributed by atoms with E-state index in [2.05, 4.69) is 0 Å². The number of sulfone groups is 1. The van der Waals surface area contributed by atoms with E-state index in [4.69, 9.17) is 5.73 Å². The Kier molecular flexibility index (Phi) is 3.41. The number of hydrogen-bond acceptors (Lipinski definition) is 4. The molecule has 0 bridgehead atoms. The molecule has 18 heavy (non-hydrogen) atoms. The summed E-state index contributed by atoms with van der Waals surface area (Å²) in [5.41, 5.74) is 6.74. The number of carbonyl (C=O) groups is 1. The number of anilines is 1. The zero-order valence-corrected chi connectivity index (χ0v) is 11.0. The van der Waals surface area contributed by atoms with Crippen molar-refractivity contribution < 1.29 is 13.2 Å². The minimum atomic E-state index is -3.28. The van der Waals surface area contributed by atoms with Crippen LogP contribution in [0.25, 0.3) is 0 Å². The number of amides is 1. The van der Waals surface area contributed by atoms with Gasteiger partial charge in [-0.1, -0.05) is 13.0 Å². The maximum Gasteiger partial charge on any atom is 0.240 e. The fraction of sp³-hybridized carbons (Fsp3) is 0.417. The van der Waals surface area contributed by atoms with Crippen molar-refractivity contribution in [3.63, 3.8) is 0 Å². The van der Waals surface area contributed by atoms with Gasteiger partial charge in [-0.05, 0) is 24.1 Å². The molecule has 0 fully saturated rings. The van der Waals surface area contributed by atoms with Gasteiger partial charge in [0.15, 0.2) is 9.84 Å². The van der Waals surface area contributed by atoms with Crippen LogP contribution in [-0.2, 0) is 21.1 Å². The van der Waals surface area contributed by atoms with Gasteiger partial charge in [-0.15, -0.1) is 0 Å². The number of carbonyl (C=O) groups excluding carboxylic acids is 1. The lowest BCUT2D eigenvalue weighted by Gasteiger charge is -2.29. The van der Waals surface area contributed by atoms with Crippen LogP contribution in [0.15, 0.2) is 23.1 Å². The second kappa shape index (κ2) is 4.70. The van der Waals surface area contributed by atoms with Gasteiger partial charge in [-0.3, -0.25) is 4.79 Å². The van der Waals surface area contributed by atoms with Crippen molar-refractivity contribution in [2.75, 3.05) is 23.7 Å². The first kappa shape index (κ1) is 13.0. The van der Waals surface area contributed by atoms with Crippen LogP contribution in [-0.4, -0.2) is 33.2 Å². The molecule has 0 saturated heterocycles. The van der Waals surface area contributed by atoms with Crippen molar-refractivity contribution >= 4 is 21.4 Å². The highest BCUT2D eigenvalue weighted by molar-refractivity contribution is 7.91. The number of nitrogens with two attached hydrogens (primary N) is 1. The third-order valence-electron chi connectivity index (χ3n) is 3.12. The molecule has 1 aromatic rings. The van der Waals surface area contributed by atoms with Gasteiger partial charge in [0.1, 0.15) is 0 Å². The van der Waals surface area contributed by atoms with Gasteiger partial charge in [0, 0.05) is 6.54 Å². The van der Waals surface area contributed by atoms with Crippen molar-refractivity contribution in [3.05, 3.63) is 23.8 Å². The van der Waals surface area contributed by atoms with Gasteiger partial charge in [-0.25, -0.2) is 8.42 Å². The van der Waals surface area contributed by atoms with Crippen LogP contribution in [0.1, 0.15) is 12.5 Å². The van der Waals surface area contributed by atoms with Crippen LogP contribution in [0, 0.1) is 0 Å². The minimum Gasteiger partial charge on any atom is -0.322 e. The van der Waals surface area contributed by atoms with Crippen LogP contribution in [0.3, 0.4) is 0 Å². The average molecular weight is 268 g/mol. The quantitative estimate of drug-likeness (QED) is 0.838. The average Bonchev–Trinajstić information content (AvgIpc) is 2.38. The van der Waals surface area contributed by atoms with Gasteiger partial charge < -0.3 is 10.6 Å². The van der Waals surface area contributed by atoms with E-state index >= 15 is 0 Å². The van der Waals surface area contributed by atoms with Crippen LogP contribution >= 0.6 is 0 Å². The summed E-state index contributed by atoms with van der Waals surface area (Å²) in [5.74, 6) is -0.297. The van der Waals surface area contributed by atoms with Gasteiger partial charge in [0.2, 0.25) is 5.91 Å².